The number of H-pyrrole nitrogens is 1. The summed E-state index contributed by atoms with van der Waals surface area (Å²) in [7, 11) is 1.91. The van der Waals surface area contributed by atoms with Gasteiger partial charge in [0.15, 0.2) is 0 Å². The number of hydrogen-bond acceptors (Lipinski definition) is 4. The Morgan fingerprint density at radius 2 is 2.07 bits per heavy atom. The Hall–Kier alpha value is -3.22. The fourth-order valence-electron chi connectivity index (χ4n) is 3.92. The molecule has 1 unspecified atom stereocenters. The summed E-state index contributed by atoms with van der Waals surface area (Å²) < 4.78 is 15.4. The van der Waals surface area contributed by atoms with Gasteiger partial charge in [-0.25, -0.2) is 9.37 Å². The summed E-state index contributed by atoms with van der Waals surface area (Å²) in [6.07, 6.45) is 5.44. The van der Waals surface area contributed by atoms with Crippen LogP contribution in [0, 0.1) is 6.92 Å². The lowest BCUT2D eigenvalue weighted by Crippen LogP contribution is -2.20. The van der Waals surface area contributed by atoms with Crippen LogP contribution in [0.15, 0.2) is 42.9 Å². The van der Waals surface area contributed by atoms with Crippen LogP contribution in [0.1, 0.15) is 12.0 Å². The average molecular weight is 376 g/mol. The van der Waals surface area contributed by atoms with Gasteiger partial charge in [-0.2, -0.15) is 10.2 Å². The molecule has 0 bridgehead atoms. The van der Waals surface area contributed by atoms with E-state index in [1.54, 1.807) is 10.9 Å². The number of halogens is 1. The number of benzene rings is 1. The lowest BCUT2D eigenvalue weighted by molar-refractivity contribution is 0.364. The zero-order chi connectivity index (χ0) is 19.3. The van der Waals surface area contributed by atoms with Gasteiger partial charge in [-0.15, -0.1) is 0 Å². The van der Waals surface area contributed by atoms with E-state index in [4.69, 9.17) is 0 Å². The quantitative estimate of drug-likeness (QED) is 0.589. The predicted octanol–water partition coefficient (Wildman–Crippen LogP) is 3.88. The van der Waals surface area contributed by atoms with Crippen LogP contribution in [0.2, 0.25) is 0 Å². The van der Waals surface area contributed by atoms with Gasteiger partial charge in [0.1, 0.15) is 12.0 Å². The van der Waals surface area contributed by atoms with Crippen molar-refractivity contribution in [3.05, 3.63) is 48.4 Å². The molecule has 4 heterocycles. The minimum Gasteiger partial charge on any atom is -0.354 e. The normalized spacial score (nSPS) is 17.0. The zero-order valence-electron chi connectivity index (χ0n) is 15.9. The summed E-state index contributed by atoms with van der Waals surface area (Å²) in [4.78, 5) is 6.44. The number of aromatic amines is 1. The van der Waals surface area contributed by atoms with Crippen molar-refractivity contribution in [2.45, 2.75) is 19.5 Å². The standard InChI is InChI=1S/C21H21FN6/c1-13-7-15(16-10-24-27(2)11-16)8-18-20(13)25-26-21(18)14-3-5-23-19(9-14)28-6-4-17(22)12-28/h3,5,7-11,17H,4,6,12H2,1-2H3,(H,25,26). The van der Waals surface area contributed by atoms with Crippen LogP contribution in [0.5, 0.6) is 0 Å². The molecule has 0 saturated carbocycles. The Bertz CT molecular complexity index is 1160. The second-order valence-corrected chi connectivity index (χ2v) is 7.43. The number of rotatable bonds is 3. The molecule has 5 rings (SSSR count). The Labute approximate surface area is 162 Å². The summed E-state index contributed by atoms with van der Waals surface area (Å²) in [5, 5.41) is 13.1. The van der Waals surface area contributed by atoms with E-state index in [1.165, 1.54) is 0 Å². The van der Waals surface area contributed by atoms with Gasteiger partial charge in [-0.3, -0.25) is 9.78 Å². The van der Waals surface area contributed by atoms with Gasteiger partial charge >= 0.3 is 0 Å². The second kappa shape index (κ2) is 6.44. The van der Waals surface area contributed by atoms with Gasteiger partial charge in [-0.1, -0.05) is 0 Å². The Morgan fingerprint density at radius 1 is 1.18 bits per heavy atom. The van der Waals surface area contributed by atoms with Gasteiger partial charge in [0.2, 0.25) is 0 Å². The van der Waals surface area contributed by atoms with Crippen molar-refractivity contribution in [2.75, 3.05) is 18.0 Å². The highest BCUT2D eigenvalue weighted by molar-refractivity contribution is 5.97. The molecule has 0 radical (unpaired) electrons. The molecular formula is C21H21FN6. The first-order valence-electron chi connectivity index (χ1n) is 9.41. The molecule has 0 aliphatic carbocycles. The summed E-state index contributed by atoms with van der Waals surface area (Å²) in [5.74, 6) is 0.806. The maximum atomic E-state index is 13.6. The molecule has 6 nitrogen and oxygen atoms in total. The first kappa shape index (κ1) is 16.9. The van der Waals surface area contributed by atoms with Crippen molar-refractivity contribution >= 4 is 16.7 Å². The molecule has 1 atom stereocenters. The fourth-order valence-corrected chi connectivity index (χ4v) is 3.92. The van der Waals surface area contributed by atoms with E-state index < -0.39 is 6.17 Å². The molecule has 4 aromatic rings. The molecule has 1 aliphatic heterocycles. The van der Waals surface area contributed by atoms with E-state index >= 15 is 0 Å². The van der Waals surface area contributed by atoms with Crippen LogP contribution in [0.3, 0.4) is 0 Å². The maximum absolute atomic E-state index is 13.6. The van der Waals surface area contributed by atoms with E-state index in [-0.39, 0.29) is 0 Å². The molecule has 1 aromatic carbocycles. The molecule has 1 aliphatic rings. The van der Waals surface area contributed by atoms with Gasteiger partial charge in [0.05, 0.1) is 24.0 Å². The summed E-state index contributed by atoms with van der Waals surface area (Å²) in [5.41, 5.74) is 6.18. The van der Waals surface area contributed by atoms with Crippen LogP contribution in [0.25, 0.3) is 33.3 Å². The van der Waals surface area contributed by atoms with Crippen molar-refractivity contribution in [3.63, 3.8) is 0 Å². The molecule has 1 saturated heterocycles. The highest BCUT2D eigenvalue weighted by Crippen LogP contribution is 2.33. The number of hydrogen-bond donors (Lipinski definition) is 1. The number of alkyl halides is 1. The summed E-state index contributed by atoms with van der Waals surface area (Å²) in [6.45, 7) is 3.17. The van der Waals surface area contributed by atoms with Crippen LogP contribution in [-0.4, -0.2) is 44.2 Å². The smallest absolute Gasteiger partial charge is 0.129 e. The van der Waals surface area contributed by atoms with Gasteiger partial charge < -0.3 is 4.90 Å². The summed E-state index contributed by atoms with van der Waals surface area (Å²) in [6, 6.07) is 8.25. The summed E-state index contributed by atoms with van der Waals surface area (Å²) >= 11 is 0. The van der Waals surface area contributed by atoms with E-state index in [1.807, 2.05) is 36.5 Å². The minimum atomic E-state index is -0.775. The van der Waals surface area contributed by atoms with Crippen molar-refractivity contribution in [2.24, 2.45) is 7.05 Å². The zero-order valence-corrected chi connectivity index (χ0v) is 15.9. The largest absolute Gasteiger partial charge is 0.354 e. The average Bonchev–Trinajstić information content (AvgIpc) is 3.41. The molecule has 0 amide bonds. The Morgan fingerprint density at radius 3 is 2.82 bits per heavy atom. The molecule has 0 spiro atoms. The number of anilines is 1. The third-order valence-electron chi connectivity index (χ3n) is 5.38. The molecule has 28 heavy (non-hydrogen) atoms. The van der Waals surface area contributed by atoms with Gasteiger partial charge in [0, 0.05) is 42.5 Å². The topological polar surface area (TPSA) is 62.6 Å². The number of fused-ring (bicyclic) bond motifs is 1. The fraction of sp³-hybridized carbons (Fsp3) is 0.286. The molecule has 3 aromatic heterocycles. The number of pyridine rings is 1. The molecule has 142 valence electrons. The van der Waals surface area contributed by atoms with Crippen LogP contribution < -0.4 is 4.90 Å². The van der Waals surface area contributed by atoms with Crippen LogP contribution in [0.4, 0.5) is 10.2 Å². The second-order valence-electron chi connectivity index (χ2n) is 7.43. The van der Waals surface area contributed by atoms with Crippen LogP contribution in [-0.2, 0) is 7.05 Å². The number of nitrogens with zero attached hydrogens (tertiary/aromatic N) is 5. The van der Waals surface area contributed by atoms with E-state index in [0.717, 1.165) is 44.7 Å². The third-order valence-corrected chi connectivity index (χ3v) is 5.38. The SMILES string of the molecule is Cc1cc(-c2cnn(C)c2)cc2c(-c3ccnc(N4CCC(F)C4)c3)[nH]nc12. The third kappa shape index (κ3) is 2.83. The molecule has 1 fully saturated rings. The first-order chi connectivity index (χ1) is 13.6. The molecular weight excluding hydrogens is 355 g/mol. The van der Waals surface area contributed by atoms with E-state index in [2.05, 4.69) is 39.3 Å². The first-order valence-corrected chi connectivity index (χ1v) is 9.41. The Balaban J connectivity index is 1.60. The number of aryl methyl sites for hydroxylation is 2. The van der Waals surface area contributed by atoms with Crippen molar-refractivity contribution in [3.8, 4) is 22.4 Å². The van der Waals surface area contributed by atoms with Crippen LogP contribution >= 0.6 is 0 Å². The van der Waals surface area contributed by atoms with Gasteiger partial charge in [-0.05, 0) is 48.7 Å². The minimum absolute atomic E-state index is 0.407. The molecule has 1 N–H and O–H groups in total. The van der Waals surface area contributed by atoms with Crippen molar-refractivity contribution in [1.29, 1.82) is 0 Å². The highest BCUT2D eigenvalue weighted by atomic mass is 19.1. The molecule has 7 heteroatoms. The van der Waals surface area contributed by atoms with Crippen molar-refractivity contribution in [1.82, 2.24) is 25.0 Å². The monoisotopic (exact) mass is 376 g/mol. The van der Waals surface area contributed by atoms with Gasteiger partial charge in [0.25, 0.3) is 0 Å². The van der Waals surface area contributed by atoms with Crippen molar-refractivity contribution < 1.29 is 4.39 Å². The van der Waals surface area contributed by atoms with E-state index in [0.29, 0.717) is 19.5 Å². The van der Waals surface area contributed by atoms with E-state index in [9.17, 15) is 4.39 Å². The number of nitrogens with one attached hydrogen (secondary N) is 1. The number of aromatic nitrogens is 5. The lowest BCUT2D eigenvalue weighted by atomic mass is 10.0. The Kier molecular flexibility index (Phi) is 3.89. The highest BCUT2D eigenvalue weighted by Gasteiger charge is 2.23. The predicted molar refractivity (Wildman–Crippen MR) is 108 cm³/mol. The maximum Gasteiger partial charge on any atom is 0.129 e. The lowest BCUT2D eigenvalue weighted by Gasteiger charge is -2.16.